The lowest BCUT2D eigenvalue weighted by Gasteiger charge is -2.23. The van der Waals surface area contributed by atoms with Crippen LogP contribution >= 0.6 is 12.2 Å². The van der Waals surface area contributed by atoms with Crippen LogP contribution in [-0.2, 0) is 0 Å². The number of hydrogen-bond donors (Lipinski definition) is 2. The third kappa shape index (κ3) is 2.17. The second-order valence-electron chi connectivity index (χ2n) is 7.00. The van der Waals surface area contributed by atoms with Crippen LogP contribution in [0.5, 0.6) is 0 Å². The first kappa shape index (κ1) is 14.2. The van der Waals surface area contributed by atoms with Crippen molar-refractivity contribution in [3.63, 3.8) is 0 Å². The highest BCUT2D eigenvalue weighted by atomic mass is 32.1. The number of benzene rings is 1. The molecule has 2 fully saturated rings. The fourth-order valence-electron chi connectivity index (χ4n) is 4.52. The normalized spacial score (nSPS) is 25.4. The molecule has 2 aromatic heterocycles. The van der Waals surface area contributed by atoms with Crippen molar-refractivity contribution < 1.29 is 0 Å². The van der Waals surface area contributed by atoms with Gasteiger partial charge in [0.2, 0.25) is 0 Å². The maximum absolute atomic E-state index is 5.54. The lowest BCUT2D eigenvalue weighted by molar-refractivity contribution is 0.329. The molecule has 0 spiro atoms. The van der Waals surface area contributed by atoms with Gasteiger partial charge >= 0.3 is 0 Å². The van der Waals surface area contributed by atoms with Crippen molar-refractivity contribution >= 4 is 12.2 Å². The zero-order valence-corrected chi connectivity index (χ0v) is 14.1. The molecule has 2 heterocycles. The van der Waals surface area contributed by atoms with Crippen molar-refractivity contribution in [2.45, 2.75) is 31.7 Å². The molecule has 0 aliphatic heterocycles. The maximum atomic E-state index is 5.54. The Kier molecular flexibility index (Phi) is 3.19. The number of rotatable bonds is 3. The number of nitrogens with zero attached hydrogens (tertiary/aromatic N) is 3. The molecular formula is C18H19N5S. The van der Waals surface area contributed by atoms with Crippen LogP contribution in [-0.4, -0.2) is 25.0 Å². The third-order valence-electron chi connectivity index (χ3n) is 5.63. The van der Waals surface area contributed by atoms with Crippen LogP contribution in [0, 0.1) is 16.6 Å². The number of aromatic amines is 2. The highest BCUT2D eigenvalue weighted by Crippen LogP contribution is 2.51. The highest BCUT2D eigenvalue weighted by Gasteiger charge is 2.41. The van der Waals surface area contributed by atoms with Crippen molar-refractivity contribution in [3.05, 3.63) is 41.2 Å². The van der Waals surface area contributed by atoms with E-state index in [0.717, 1.165) is 39.4 Å². The van der Waals surface area contributed by atoms with Gasteiger partial charge in [0, 0.05) is 11.6 Å². The van der Waals surface area contributed by atoms with Crippen molar-refractivity contribution in [1.82, 2.24) is 25.0 Å². The van der Waals surface area contributed by atoms with Crippen LogP contribution in [0.1, 0.15) is 31.7 Å². The molecule has 5 nitrogen and oxygen atoms in total. The Bertz CT molecular complexity index is 922. The van der Waals surface area contributed by atoms with Crippen molar-refractivity contribution in [2.75, 3.05) is 0 Å². The Hall–Kier alpha value is -2.21. The maximum Gasteiger partial charge on any atom is 0.195 e. The molecule has 2 saturated carbocycles. The molecule has 0 radical (unpaired) electrons. The van der Waals surface area contributed by atoms with Gasteiger partial charge in [-0.05, 0) is 49.4 Å². The monoisotopic (exact) mass is 337 g/mol. The fourth-order valence-corrected chi connectivity index (χ4v) is 4.79. The molecule has 2 bridgehead atoms. The molecule has 0 amide bonds. The van der Waals surface area contributed by atoms with Gasteiger partial charge in [-0.1, -0.05) is 36.8 Å². The number of hydrogen-bond acceptors (Lipinski definition) is 3. The number of nitrogens with one attached hydrogen (secondary N) is 2. The van der Waals surface area contributed by atoms with E-state index < -0.39 is 0 Å². The average Bonchev–Trinajstić information content (AvgIpc) is 3.38. The summed E-state index contributed by atoms with van der Waals surface area (Å²) in [5.74, 6) is 2.49. The van der Waals surface area contributed by atoms with Crippen molar-refractivity contribution in [2.24, 2.45) is 11.8 Å². The van der Waals surface area contributed by atoms with Crippen LogP contribution < -0.4 is 0 Å². The van der Waals surface area contributed by atoms with Gasteiger partial charge in [-0.2, -0.15) is 10.2 Å². The molecule has 0 saturated heterocycles. The number of H-pyrrole nitrogens is 2. The van der Waals surface area contributed by atoms with Crippen LogP contribution in [0.3, 0.4) is 0 Å². The van der Waals surface area contributed by atoms with E-state index in [1.54, 1.807) is 0 Å². The lowest BCUT2D eigenvalue weighted by Crippen LogP contribution is -2.17. The van der Waals surface area contributed by atoms with E-state index in [0.29, 0.717) is 6.04 Å². The first-order valence-corrected chi connectivity index (χ1v) is 8.98. The predicted molar refractivity (Wildman–Crippen MR) is 94.9 cm³/mol. The van der Waals surface area contributed by atoms with E-state index in [-0.39, 0.29) is 0 Å². The Morgan fingerprint density at radius 2 is 1.92 bits per heavy atom. The van der Waals surface area contributed by atoms with E-state index >= 15 is 0 Å². The van der Waals surface area contributed by atoms with Gasteiger partial charge in [0.15, 0.2) is 10.6 Å². The van der Waals surface area contributed by atoms with E-state index in [1.165, 1.54) is 25.7 Å². The molecule has 2 N–H and O–H groups in total. The van der Waals surface area contributed by atoms with Crippen molar-refractivity contribution in [3.8, 4) is 22.8 Å². The second-order valence-corrected chi connectivity index (χ2v) is 7.38. The van der Waals surface area contributed by atoms with Gasteiger partial charge in [0.25, 0.3) is 0 Å². The molecule has 2 aliphatic carbocycles. The number of fused-ring (bicyclic) bond motifs is 2. The summed E-state index contributed by atoms with van der Waals surface area (Å²) in [5.41, 5.74) is 2.95. The van der Waals surface area contributed by atoms with Gasteiger partial charge < -0.3 is 0 Å². The topological polar surface area (TPSA) is 62.3 Å². The molecule has 122 valence electrons. The smallest absolute Gasteiger partial charge is 0.195 e. The predicted octanol–water partition coefficient (Wildman–Crippen LogP) is 4.36. The SMILES string of the molecule is S=c1[nH]nc(-c2cc(-c3ccccc3)n[nH]2)n1[C@H]1C[C@H]2CC[C@@H]1C2. The van der Waals surface area contributed by atoms with Crippen molar-refractivity contribution in [1.29, 1.82) is 0 Å². The third-order valence-corrected chi connectivity index (χ3v) is 5.91. The summed E-state index contributed by atoms with van der Waals surface area (Å²) in [7, 11) is 0. The molecule has 5 rings (SSSR count). The Labute approximate surface area is 145 Å². The fraction of sp³-hybridized carbons (Fsp3) is 0.389. The molecule has 6 heteroatoms. The van der Waals surface area contributed by atoms with E-state index in [2.05, 4.69) is 43.2 Å². The minimum atomic E-state index is 0.480. The van der Waals surface area contributed by atoms with Gasteiger partial charge in [0.05, 0.1) is 5.69 Å². The highest BCUT2D eigenvalue weighted by molar-refractivity contribution is 7.71. The summed E-state index contributed by atoms with van der Waals surface area (Å²) in [5, 5.41) is 15.1. The van der Waals surface area contributed by atoms with Crippen LogP contribution in [0.2, 0.25) is 0 Å². The molecule has 3 atom stereocenters. The summed E-state index contributed by atoms with van der Waals surface area (Å²) in [4.78, 5) is 0. The molecular weight excluding hydrogens is 318 g/mol. The quantitative estimate of drug-likeness (QED) is 0.698. The second kappa shape index (κ2) is 5.41. The summed E-state index contributed by atoms with van der Waals surface area (Å²) in [6, 6.07) is 12.7. The van der Waals surface area contributed by atoms with Crippen LogP contribution in [0.25, 0.3) is 22.8 Å². The zero-order chi connectivity index (χ0) is 16.1. The van der Waals surface area contributed by atoms with Gasteiger partial charge in [-0.25, -0.2) is 0 Å². The van der Waals surface area contributed by atoms with Gasteiger partial charge in [-0.15, -0.1) is 0 Å². The standard InChI is InChI=1S/C18H19N5S/c24-18-22-21-17(23(18)16-9-11-6-7-13(16)8-11)15-10-14(19-20-15)12-4-2-1-3-5-12/h1-5,10-11,13,16H,6-9H2,(H,19,20)(H,22,24)/t11-,13+,16-/m0/s1. The summed E-state index contributed by atoms with van der Waals surface area (Å²) in [6.45, 7) is 0. The first-order valence-electron chi connectivity index (χ1n) is 8.57. The molecule has 3 aromatic rings. The van der Waals surface area contributed by atoms with E-state index in [9.17, 15) is 0 Å². The molecule has 24 heavy (non-hydrogen) atoms. The molecule has 2 aliphatic rings. The summed E-state index contributed by atoms with van der Waals surface area (Å²) < 4.78 is 2.94. The first-order chi connectivity index (χ1) is 11.8. The average molecular weight is 337 g/mol. The minimum absolute atomic E-state index is 0.480. The largest absolute Gasteiger partial charge is 0.295 e. The van der Waals surface area contributed by atoms with Crippen LogP contribution in [0.15, 0.2) is 36.4 Å². The van der Waals surface area contributed by atoms with Gasteiger partial charge in [-0.3, -0.25) is 14.8 Å². The molecule has 0 unspecified atom stereocenters. The van der Waals surface area contributed by atoms with Gasteiger partial charge in [0.1, 0.15) is 5.69 Å². The lowest BCUT2D eigenvalue weighted by atomic mass is 9.95. The van der Waals surface area contributed by atoms with Crippen LogP contribution in [0.4, 0.5) is 0 Å². The Morgan fingerprint density at radius 3 is 2.67 bits per heavy atom. The Balaban J connectivity index is 1.54. The summed E-state index contributed by atoms with van der Waals surface area (Å²) in [6.07, 6.45) is 5.27. The van der Waals surface area contributed by atoms with E-state index in [4.69, 9.17) is 12.2 Å². The molecule has 1 aromatic carbocycles. The zero-order valence-electron chi connectivity index (χ0n) is 13.3. The number of aromatic nitrogens is 5. The minimum Gasteiger partial charge on any atom is -0.295 e. The van der Waals surface area contributed by atoms with E-state index in [1.807, 2.05) is 18.2 Å². The summed E-state index contributed by atoms with van der Waals surface area (Å²) >= 11 is 5.54. The Morgan fingerprint density at radius 1 is 1.04 bits per heavy atom.